The molecule has 0 atom stereocenters. The molecule has 2 fully saturated rings. The summed E-state index contributed by atoms with van der Waals surface area (Å²) in [6.07, 6.45) is 13.9. The van der Waals surface area contributed by atoms with E-state index in [4.69, 9.17) is 0 Å². The summed E-state index contributed by atoms with van der Waals surface area (Å²) in [5, 5.41) is 3.34. The maximum absolute atomic E-state index is 12.3. The van der Waals surface area contributed by atoms with Crippen LogP contribution in [-0.4, -0.2) is 11.9 Å². The molecule has 2 aliphatic rings. The predicted octanol–water partition coefficient (Wildman–Crippen LogP) is 4.68. The molecular weight excluding hydrogens is 246 g/mol. The highest BCUT2D eigenvalue weighted by Crippen LogP contribution is 2.31. The Morgan fingerprint density at radius 2 is 1.65 bits per heavy atom. The van der Waals surface area contributed by atoms with Crippen LogP contribution < -0.4 is 5.32 Å². The third kappa shape index (κ3) is 4.79. The van der Waals surface area contributed by atoms with Gasteiger partial charge in [0, 0.05) is 12.0 Å². The minimum absolute atomic E-state index is 0.309. The van der Waals surface area contributed by atoms with Crippen LogP contribution in [0, 0.1) is 17.8 Å². The van der Waals surface area contributed by atoms with E-state index in [0.29, 0.717) is 17.9 Å². The van der Waals surface area contributed by atoms with Gasteiger partial charge in [0.05, 0.1) is 0 Å². The zero-order valence-electron chi connectivity index (χ0n) is 13.5. The standard InChI is InChI=1S/C18H33NO/c1-3-4-5-15-8-12-17(13-9-15)19-18(20)16-10-6-14(2)7-11-16/h14-17H,3-13H2,1-2H3,(H,19,20). The Labute approximate surface area is 125 Å². The van der Waals surface area contributed by atoms with Gasteiger partial charge in [-0.1, -0.05) is 33.1 Å². The van der Waals surface area contributed by atoms with Crippen LogP contribution in [0.25, 0.3) is 0 Å². The van der Waals surface area contributed by atoms with Gasteiger partial charge < -0.3 is 5.32 Å². The first kappa shape index (κ1) is 15.9. The Bertz CT molecular complexity index is 286. The lowest BCUT2D eigenvalue weighted by Gasteiger charge is -2.31. The van der Waals surface area contributed by atoms with Gasteiger partial charge in [-0.25, -0.2) is 0 Å². The largest absolute Gasteiger partial charge is 0.353 e. The molecule has 0 spiro atoms. The zero-order chi connectivity index (χ0) is 14.4. The third-order valence-electron chi connectivity index (χ3n) is 5.55. The summed E-state index contributed by atoms with van der Waals surface area (Å²) in [5.41, 5.74) is 0. The quantitative estimate of drug-likeness (QED) is 0.778. The molecule has 1 amide bonds. The Hall–Kier alpha value is -0.530. The van der Waals surface area contributed by atoms with Crippen LogP contribution >= 0.6 is 0 Å². The van der Waals surface area contributed by atoms with E-state index in [-0.39, 0.29) is 0 Å². The van der Waals surface area contributed by atoms with Crippen molar-refractivity contribution in [1.82, 2.24) is 5.32 Å². The van der Waals surface area contributed by atoms with Gasteiger partial charge in [-0.3, -0.25) is 4.79 Å². The fraction of sp³-hybridized carbons (Fsp3) is 0.944. The second kappa shape index (κ2) is 8.05. The maximum Gasteiger partial charge on any atom is 0.223 e. The molecule has 2 aliphatic carbocycles. The summed E-state index contributed by atoms with van der Waals surface area (Å²) in [5.74, 6) is 2.42. The van der Waals surface area contributed by atoms with Crippen molar-refractivity contribution in [1.29, 1.82) is 0 Å². The van der Waals surface area contributed by atoms with Gasteiger partial charge in [0.15, 0.2) is 0 Å². The topological polar surface area (TPSA) is 29.1 Å². The summed E-state index contributed by atoms with van der Waals surface area (Å²) in [6, 6.07) is 0.472. The molecule has 0 saturated heterocycles. The van der Waals surface area contributed by atoms with Gasteiger partial charge in [-0.05, 0) is 63.2 Å². The second-order valence-corrected chi connectivity index (χ2v) is 7.33. The van der Waals surface area contributed by atoms with Crippen LogP contribution in [0.5, 0.6) is 0 Å². The number of rotatable bonds is 5. The fourth-order valence-electron chi connectivity index (χ4n) is 3.93. The van der Waals surface area contributed by atoms with E-state index in [1.54, 1.807) is 0 Å². The van der Waals surface area contributed by atoms with Crippen molar-refractivity contribution in [2.45, 2.75) is 90.5 Å². The minimum Gasteiger partial charge on any atom is -0.353 e. The Kier molecular flexibility index (Phi) is 6.38. The van der Waals surface area contributed by atoms with Crippen LogP contribution in [0.1, 0.15) is 84.5 Å². The number of hydrogen-bond acceptors (Lipinski definition) is 1. The maximum atomic E-state index is 12.3. The van der Waals surface area contributed by atoms with Crippen molar-refractivity contribution in [2.24, 2.45) is 17.8 Å². The third-order valence-corrected chi connectivity index (χ3v) is 5.55. The van der Waals surface area contributed by atoms with Gasteiger partial charge in [-0.2, -0.15) is 0 Å². The van der Waals surface area contributed by atoms with Crippen molar-refractivity contribution in [3.8, 4) is 0 Å². The molecule has 0 bridgehead atoms. The van der Waals surface area contributed by atoms with Crippen LogP contribution in [0.3, 0.4) is 0 Å². The molecule has 0 unspecified atom stereocenters. The highest BCUT2D eigenvalue weighted by atomic mass is 16.1. The van der Waals surface area contributed by atoms with E-state index in [9.17, 15) is 4.79 Å². The average molecular weight is 279 g/mol. The Morgan fingerprint density at radius 3 is 2.25 bits per heavy atom. The lowest BCUT2D eigenvalue weighted by molar-refractivity contribution is -0.127. The minimum atomic E-state index is 0.309. The molecule has 1 N–H and O–H groups in total. The molecule has 2 heteroatoms. The summed E-state index contributed by atoms with van der Waals surface area (Å²) < 4.78 is 0. The first-order valence-electron chi connectivity index (χ1n) is 8.99. The Balaban J connectivity index is 1.66. The van der Waals surface area contributed by atoms with Crippen LogP contribution in [0.15, 0.2) is 0 Å². The van der Waals surface area contributed by atoms with E-state index in [1.165, 1.54) is 57.8 Å². The fourth-order valence-corrected chi connectivity index (χ4v) is 3.93. The van der Waals surface area contributed by atoms with Gasteiger partial charge in [0.25, 0.3) is 0 Å². The van der Waals surface area contributed by atoms with Gasteiger partial charge in [0.2, 0.25) is 5.91 Å². The summed E-state index contributed by atoms with van der Waals surface area (Å²) >= 11 is 0. The predicted molar refractivity (Wildman–Crippen MR) is 84.5 cm³/mol. The number of nitrogens with one attached hydrogen (secondary N) is 1. The first-order valence-corrected chi connectivity index (χ1v) is 8.99. The number of amides is 1. The lowest BCUT2D eigenvalue weighted by Crippen LogP contribution is -2.41. The van der Waals surface area contributed by atoms with Crippen molar-refractivity contribution in [3.05, 3.63) is 0 Å². The lowest BCUT2D eigenvalue weighted by atomic mass is 9.81. The Morgan fingerprint density at radius 1 is 1.00 bits per heavy atom. The molecule has 0 heterocycles. The van der Waals surface area contributed by atoms with Crippen molar-refractivity contribution < 1.29 is 4.79 Å². The summed E-state index contributed by atoms with van der Waals surface area (Å²) in [4.78, 5) is 12.3. The molecule has 0 aromatic heterocycles. The van der Waals surface area contributed by atoms with Crippen LogP contribution in [-0.2, 0) is 4.79 Å². The van der Waals surface area contributed by atoms with Crippen LogP contribution in [0.2, 0.25) is 0 Å². The molecule has 0 aliphatic heterocycles. The van der Waals surface area contributed by atoms with Crippen molar-refractivity contribution >= 4 is 5.91 Å². The summed E-state index contributed by atoms with van der Waals surface area (Å²) in [7, 11) is 0. The molecule has 2 nitrogen and oxygen atoms in total. The van der Waals surface area contributed by atoms with Gasteiger partial charge >= 0.3 is 0 Å². The molecule has 0 aromatic carbocycles. The zero-order valence-corrected chi connectivity index (χ0v) is 13.5. The van der Waals surface area contributed by atoms with E-state index >= 15 is 0 Å². The van der Waals surface area contributed by atoms with E-state index in [0.717, 1.165) is 24.7 Å². The number of unbranched alkanes of at least 4 members (excludes halogenated alkanes) is 1. The number of hydrogen-bond donors (Lipinski definition) is 1. The highest BCUT2D eigenvalue weighted by molar-refractivity contribution is 5.79. The van der Waals surface area contributed by atoms with Gasteiger partial charge in [0.1, 0.15) is 0 Å². The molecular formula is C18H33NO. The van der Waals surface area contributed by atoms with Crippen molar-refractivity contribution in [3.63, 3.8) is 0 Å². The molecule has 116 valence electrons. The van der Waals surface area contributed by atoms with Crippen LogP contribution in [0.4, 0.5) is 0 Å². The number of carbonyl (C=O) groups is 1. The van der Waals surface area contributed by atoms with E-state index < -0.39 is 0 Å². The first-order chi connectivity index (χ1) is 9.69. The normalized spacial score (nSPS) is 34.7. The SMILES string of the molecule is CCCCC1CCC(NC(=O)C2CCC(C)CC2)CC1. The molecule has 0 aromatic rings. The van der Waals surface area contributed by atoms with Gasteiger partial charge in [-0.15, -0.1) is 0 Å². The van der Waals surface area contributed by atoms with E-state index in [2.05, 4.69) is 19.2 Å². The smallest absolute Gasteiger partial charge is 0.223 e. The molecule has 20 heavy (non-hydrogen) atoms. The molecule has 2 rings (SSSR count). The molecule has 0 radical (unpaired) electrons. The molecule has 2 saturated carbocycles. The highest BCUT2D eigenvalue weighted by Gasteiger charge is 2.27. The monoisotopic (exact) mass is 279 g/mol. The second-order valence-electron chi connectivity index (χ2n) is 7.33. The number of carbonyl (C=O) groups excluding carboxylic acids is 1. The average Bonchev–Trinajstić information content (AvgIpc) is 2.47. The summed E-state index contributed by atoms with van der Waals surface area (Å²) in [6.45, 7) is 4.59. The van der Waals surface area contributed by atoms with Crippen molar-refractivity contribution in [2.75, 3.05) is 0 Å². The van der Waals surface area contributed by atoms with E-state index in [1.807, 2.05) is 0 Å².